The van der Waals surface area contributed by atoms with Crippen molar-refractivity contribution in [1.29, 1.82) is 0 Å². The van der Waals surface area contributed by atoms with Gasteiger partial charge in [-0.1, -0.05) is 0 Å². The van der Waals surface area contributed by atoms with Crippen LogP contribution in [0.15, 0.2) is 0 Å². The van der Waals surface area contributed by atoms with Crippen LogP contribution in [0.5, 0.6) is 0 Å². The summed E-state index contributed by atoms with van der Waals surface area (Å²) < 4.78 is 18.9. The van der Waals surface area contributed by atoms with Crippen molar-refractivity contribution in [3.8, 4) is 0 Å². The first-order valence-electron chi connectivity index (χ1n) is 5.04. The predicted octanol–water partition coefficient (Wildman–Crippen LogP) is -1.84. The van der Waals surface area contributed by atoms with Crippen LogP contribution < -0.4 is 10.6 Å². The van der Waals surface area contributed by atoms with Crippen molar-refractivity contribution in [2.45, 2.75) is 25.0 Å². The van der Waals surface area contributed by atoms with E-state index in [0.717, 1.165) is 0 Å². The Morgan fingerprint density at radius 2 is 1.11 bits per heavy atom. The van der Waals surface area contributed by atoms with Crippen LogP contribution in [-0.4, -0.2) is 69.7 Å². The lowest BCUT2D eigenvalue weighted by Gasteiger charge is -2.24. The molecule has 0 spiro atoms. The molecular formula is C9H20N2O7. The summed E-state index contributed by atoms with van der Waals surface area (Å²) in [6.45, 7) is 0. The number of carbonyl (C=O) groups is 1. The van der Waals surface area contributed by atoms with E-state index in [2.05, 4.69) is 10.6 Å². The number of amides is 2. The van der Waals surface area contributed by atoms with E-state index in [1.165, 1.54) is 28.4 Å². The Bertz CT molecular complexity index is 211. The van der Waals surface area contributed by atoms with E-state index < -0.39 is 31.1 Å². The molecule has 0 aliphatic carbocycles. The Morgan fingerprint density at radius 3 is 1.33 bits per heavy atom. The van der Waals surface area contributed by atoms with Gasteiger partial charge in [-0.3, -0.25) is 0 Å². The highest BCUT2D eigenvalue weighted by molar-refractivity contribution is 5.74. The summed E-state index contributed by atoms with van der Waals surface area (Å²) in [4.78, 5) is 11.4. The molecule has 0 fully saturated rings. The average molecular weight is 268 g/mol. The first kappa shape index (κ1) is 17.0. The van der Waals surface area contributed by atoms with Crippen LogP contribution in [0, 0.1) is 0 Å². The zero-order valence-electron chi connectivity index (χ0n) is 10.7. The number of aliphatic hydroxyl groups is 2. The predicted molar refractivity (Wildman–Crippen MR) is 59.3 cm³/mol. The summed E-state index contributed by atoms with van der Waals surface area (Å²) in [5.74, 6) is 0. The molecule has 9 nitrogen and oxygen atoms in total. The molecule has 0 saturated heterocycles. The van der Waals surface area contributed by atoms with Crippen molar-refractivity contribution in [2.24, 2.45) is 0 Å². The van der Waals surface area contributed by atoms with Crippen molar-refractivity contribution < 1.29 is 34.0 Å². The summed E-state index contributed by atoms with van der Waals surface area (Å²) in [7, 11) is 5.21. The van der Waals surface area contributed by atoms with Gasteiger partial charge >= 0.3 is 6.03 Å². The van der Waals surface area contributed by atoms with Gasteiger partial charge in [-0.05, 0) is 0 Å². The number of carbonyl (C=O) groups excluding carboxylic acids is 1. The molecule has 0 aromatic heterocycles. The van der Waals surface area contributed by atoms with Gasteiger partial charge in [0.05, 0.1) is 0 Å². The van der Waals surface area contributed by atoms with Gasteiger partial charge in [0.25, 0.3) is 0 Å². The molecule has 4 N–H and O–H groups in total. The van der Waals surface area contributed by atoms with Crippen molar-refractivity contribution in [2.75, 3.05) is 28.4 Å². The first-order valence-corrected chi connectivity index (χ1v) is 5.04. The Kier molecular flexibility index (Phi) is 8.54. The Balaban J connectivity index is 4.17. The minimum atomic E-state index is -1.39. The Morgan fingerprint density at radius 1 is 0.833 bits per heavy atom. The van der Waals surface area contributed by atoms with E-state index in [9.17, 15) is 15.0 Å². The number of nitrogens with one attached hydrogen (secondary N) is 2. The molecular weight excluding hydrogens is 248 g/mol. The average Bonchev–Trinajstić information content (AvgIpc) is 2.31. The molecule has 0 aliphatic heterocycles. The third kappa shape index (κ3) is 5.58. The van der Waals surface area contributed by atoms with E-state index in [-0.39, 0.29) is 0 Å². The fraction of sp³-hybridized carbons (Fsp3) is 0.889. The van der Waals surface area contributed by atoms with Gasteiger partial charge in [-0.25, -0.2) is 4.79 Å². The van der Waals surface area contributed by atoms with Gasteiger partial charge in [0, 0.05) is 28.4 Å². The molecule has 2 amide bonds. The van der Waals surface area contributed by atoms with Crippen LogP contribution in [0.3, 0.4) is 0 Å². The third-order valence-electron chi connectivity index (χ3n) is 2.00. The zero-order valence-corrected chi connectivity index (χ0v) is 10.7. The van der Waals surface area contributed by atoms with Gasteiger partial charge in [0.1, 0.15) is 0 Å². The van der Waals surface area contributed by atoms with E-state index in [1.807, 2.05) is 0 Å². The van der Waals surface area contributed by atoms with Gasteiger partial charge < -0.3 is 39.8 Å². The smallest absolute Gasteiger partial charge is 0.319 e. The van der Waals surface area contributed by atoms with Gasteiger partial charge in [-0.2, -0.15) is 0 Å². The molecule has 18 heavy (non-hydrogen) atoms. The van der Waals surface area contributed by atoms with Crippen LogP contribution in [0.1, 0.15) is 0 Å². The Labute approximate surface area is 105 Å². The number of urea groups is 1. The minimum Gasteiger partial charge on any atom is -0.369 e. The molecule has 0 radical (unpaired) electrons. The minimum absolute atomic E-state index is 0.840. The number of aliphatic hydroxyl groups excluding tert-OH is 2. The summed E-state index contributed by atoms with van der Waals surface area (Å²) in [6.07, 6.45) is -4.83. The summed E-state index contributed by atoms with van der Waals surface area (Å²) in [5, 5.41) is 23.2. The molecule has 0 aliphatic rings. The summed E-state index contributed by atoms with van der Waals surface area (Å²) in [6, 6.07) is -0.840. The second kappa shape index (κ2) is 9.03. The quantitative estimate of drug-likeness (QED) is 0.382. The second-order valence-corrected chi connectivity index (χ2v) is 3.19. The molecule has 108 valence electrons. The monoisotopic (exact) mass is 268 g/mol. The van der Waals surface area contributed by atoms with Gasteiger partial charge in [-0.15, -0.1) is 0 Å². The topological polar surface area (TPSA) is 119 Å². The molecule has 0 saturated carbocycles. The molecule has 2 unspecified atom stereocenters. The fourth-order valence-corrected chi connectivity index (χ4v) is 1.15. The van der Waals surface area contributed by atoms with Crippen molar-refractivity contribution >= 4 is 6.03 Å². The van der Waals surface area contributed by atoms with Crippen LogP contribution >= 0.6 is 0 Å². The number of hydrogen-bond acceptors (Lipinski definition) is 7. The maximum atomic E-state index is 11.4. The second-order valence-electron chi connectivity index (χ2n) is 3.19. The molecule has 0 aromatic carbocycles. The highest BCUT2D eigenvalue weighted by atomic mass is 16.7. The van der Waals surface area contributed by atoms with E-state index in [1.54, 1.807) is 0 Å². The lowest BCUT2D eigenvalue weighted by molar-refractivity contribution is -0.174. The first-order chi connectivity index (χ1) is 8.49. The standard InChI is InChI=1S/C9H20N2O7/c1-15-7(16-2)5(12)10-9(14)11-6(13)8(17-3)18-4/h5-8,12-13H,1-4H3,(H2,10,11,14). The van der Waals surface area contributed by atoms with Gasteiger partial charge in [0.15, 0.2) is 12.5 Å². The highest BCUT2D eigenvalue weighted by Crippen LogP contribution is 1.98. The maximum Gasteiger partial charge on any atom is 0.319 e. The summed E-state index contributed by atoms with van der Waals surface area (Å²) >= 11 is 0. The van der Waals surface area contributed by atoms with Crippen molar-refractivity contribution in [3.63, 3.8) is 0 Å². The lowest BCUT2D eigenvalue weighted by atomic mass is 10.5. The molecule has 9 heteroatoms. The number of rotatable bonds is 8. The number of hydrogen-bond donors (Lipinski definition) is 4. The van der Waals surface area contributed by atoms with Crippen LogP contribution in [0.2, 0.25) is 0 Å². The number of methoxy groups -OCH3 is 4. The van der Waals surface area contributed by atoms with Gasteiger partial charge in [0.2, 0.25) is 12.6 Å². The SMILES string of the molecule is COC(OC)C(O)NC(=O)NC(O)C(OC)OC. The van der Waals surface area contributed by atoms with Crippen molar-refractivity contribution in [3.05, 3.63) is 0 Å². The van der Waals surface area contributed by atoms with E-state index in [4.69, 9.17) is 18.9 Å². The zero-order chi connectivity index (χ0) is 14.1. The molecule has 0 bridgehead atoms. The van der Waals surface area contributed by atoms with E-state index in [0.29, 0.717) is 0 Å². The molecule has 0 aromatic rings. The fourth-order valence-electron chi connectivity index (χ4n) is 1.15. The number of ether oxygens (including phenoxy) is 4. The summed E-state index contributed by atoms with van der Waals surface area (Å²) in [5.41, 5.74) is 0. The van der Waals surface area contributed by atoms with Crippen LogP contribution in [0.25, 0.3) is 0 Å². The lowest BCUT2D eigenvalue weighted by Crippen LogP contribution is -2.54. The largest absolute Gasteiger partial charge is 0.369 e. The van der Waals surface area contributed by atoms with Crippen LogP contribution in [0.4, 0.5) is 4.79 Å². The normalized spacial score (nSPS) is 14.7. The Hall–Kier alpha value is -0.970. The van der Waals surface area contributed by atoms with Crippen molar-refractivity contribution in [1.82, 2.24) is 10.6 Å². The van der Waals surface area contributed by atoms with Crippen LogP contribution in [-0.2, 0) is 18.9 Å². The maximum absolute atomic E-state index is 11.4. The molecule has 0 heterocycles. The third-order valence-corrected chi connectivity index (χ3v) is 2.00. The van der Waals surface area contributed by atoms with E-state index >= 15 is 0 Å². The molecule has 0 rings (SSSR count). The molecule has 2 atom stereocenters. The highest BCUT2D eigenvalue weighted by Gasteiger charge is 2.24.